The van der Waals surface area contributed by atoms with Gasteiger partial charge in [0.1, 0.15) is 0 Å². The summed E-state index contributed by atoms with van der Waals surface area (Å²) in [4.78, 5) is 23.5. The molecule has 1 atom stereocenters. The summed E-state index contributed by atoms with van der Waals surface area (Å²) in [6.07, 6.45) is 5.48. The number of carboxylic acid groups (broad SMARTS) is 1. The lowest BCUT2D eigenvalue weighted by atomic mass is 10.2. The normalized spacial score (nSPS) is 20.9. The predicted octanol–water partition coefficient (Wildman–Crippen LogP) is -1.69. The van der Waals surface area contributed by atoms with Crippen molar-refractivity contribution in [2.45, 2.75) is 12.5 Å². The molecule has 1 rings (SSSR count). The molecule has 1 aliphatic rings. The van der Waals surface area contributed by atoms with E-state index in [9.17, 15) is 18.0 Å². The molecule has 106 valence electrons. The van der Waals surface area contributed by atoms with Crippen molar-refractivity contribution in [1.29, 1.82) is 0 Å². The van der Waals surface area contributed by atoms with Crippen molar-refractivity contribution in [3.63, 3.8) is 0 Å². The third kappa shape index (κ3) is 5.72. The molecule has 1 unspecified atom stereocenters. The molecule has 0 aromatic rings. The van der Waals surface area contributed by atoms with Crippen molar-refractivity contribution in [2.24, 2.45) is 0 Å². The molecular formula is C11H16N2O5S. The van der Waals surface area contributed by atoms with Crippen LogP contribution in [0.2, 0.25) is 0 Å². The van der Waals surface area contributed by atoms with Gasteiger partial charge < -0.3 is 10.4 Å². The Balaban J connectivity index is 2.45. The number of carbonyl (C=O) groups excluding carboxylic acids is 1. The number of rotatable bonds is 6. The van der Waals surface area contributed by atoms with Crippen LogP contribution in [0.5, 0.6) is 0 Å². The van der Waals surface area contributed by atoms with Crippen LogP contribution in [0.15, 0.2) is 0 Å². The minimum Gasteiger partial charge on any atom is -0.480 e. The van der Waals surface area contributed by atoms with Gasteiger partial charge >= 0.3 is 5.97 Å². The van der Waals surface area contributed by atoms with Gasteiger partial charge in [-0.05, 0) is 6.42 Å². The average molecular weight is 288 g/mol. The fraction of sp³-hybridized carbons (Fsp3) is 0.636. The number of hydrogen-bond acceptors (Lipinski definition) is 5. The fourth-order valence-electron chi connectivity index (χ4n) is 1.87. The predicted molar refractivity (Wildman–Crippen MR) is 68.1 cm³/mol. The Kier molecular flexibility index (Phi) is 5.32. The molecule has 0 spiro atoms. The summed E-state index contributed by atoms with van der Waals surface area (Å²) in [5.74, 6) is 0.785. The van der Waals surface area contributed by atoms with E-state index < -0.39 is 27.8 Å². The van der Waals surface area contributed by atoms with Crippen LogP contribution in [0, 0.1) is 12.3 Å². The highest BCUT2D eigenvalue weighted by Gasteiger charge is 2.29. The van der Waals surface area contributed by atoms with Crippen molar-refractivity contribution < 1.29 is 23.1 Å². The van der Waals surface area contributed by atoms with Crippen LogP contribution in [0.4, 0.5) is 0 Å². The number of hydrogen-bond donors (Lipinski definition) is 2. The third-order valence-corrected chi connectivity index (χ3v) is 4.41. The molecule has 19 heavy (non-hydrogen) atoms. The molecule has 0 aromatic carbocycles. The number of amides is 1. The van der Waals surface area contributed by atoms with Crippen LogP contribution >= 0.6 is 0 Å². The molecule has 7 nitrogen and oxygen atoms in total. The van der Waals surface area contributed by atoms with E-state index in [0.29, 0.717) is 6.42 Å². The number of sulfone groups is 1. The largest absolute Gasteiger partial charge is 0.480 e. The summed E-state index contributed by atoms with van der Waals surface area (Å²) < 4.78 is 22.5. The van der Waals surface area contributed by atoms with Crippen LogP contribution in [-0.2, 0) is 19.4 Å². The molecule has 0 bridgehead atoms. The number of nitrogens with one attached hydrogen (secondary N) is 1. The lowest BCUT2D eigenvalue weighted by Gasteiger charge is -2.18. The van der Waals surface area contributed by atoms with Gasteiger partial charge in [-0.25, -0.2) is 8.42 Å². The van der Waals surface area contributed by atoms with Crippen LogP contribution in [0.1, 0.15) is 6.42 Å². The van der Waals surface area contributed by atoms with E-state index in [1.54, 1.807) is 0 Å². The van der Waals surface area contributed by atoms with E-state index in [2.05, 4.69) is 11.2 Å². The summed E-state index contributed by atoms with van der Waals surface area (Å²) in [6.45, 7) is -0.448. The third-order valence-electron chi connectivity index (χ3n) is 2.64. The zero-order valence-electron chi connectivity index (χ0n) is 10.3. The number of carboxylic acids is 1. The Morgan fingerprint density at radius 1 is 1.42 bits per heavy atom. The molecule has 2 N–H and O–H groups in total. The van der Waals surface area contributed by atoms with Crippen LogP contribution < -0.4 is 5.32 Å². The van der Waals surface area contributed by atoms with Gasteiger partial charge in [0.25, 0.3) is 0 Å². The Morgan fingerprint density at radius 3 is 2.58 bits per heavy atom. The second-order valence-corrected chi connectivity index (χ2v) is 6.64. The molecule has 1 saturated heterocycles. The monoisotopic (exact) mass is 288 g/mol. The molecule has 0 aromatic heterocycles. The first-order valence-corrected chi connectivity index (χ1v) is 7.52. The highest BCUT2D eigenvalue weighted by molar-refractivity contribution is 7.91. The minimum atomic E-state index is -3.05. The zero-order valence-corrected chi connectivity index (χ0v) is 11.1. The second-order valence-electron chi connectivity index (χ2n) is 4.41. The molecule has 1 heterocycles. The molecule has 1 aliphatic heterocycles. The van der Waals surface area contributed by atoms with Gasteiger partial charge in [0.05, 0.1) is 31.1 Å². The van der Waals surface area contributed by atoms with E-state index in [4.69, 9.17) is 11.5 Å². The highest BCUT2D eigenvalue weighted by atomic mass is 32.2. The molecule has 0 radical (unpaired) electrons. The first-order valence-electron chi connectivity index (χ1n) is 5.70. The van der Waals surface area contributed by atoms with Gasteiger partial charge in [-0.1, -0.05) is 5.92 Å². The van der Waals surface area contributed by atoms with E-state index in [-0.39, 0.29) is 31.1 Å². The smallest absolute Gasteiger partial charge is 0.317 e. The summed E-state index contributed by atoms with van der Waals surface area (Å²) in [5.41, 5.74) is 0. The van der Waals surface area contributed by atoms with Gasteiger partial charge in [-0.15, -0.1) is 6.42 Å². The van der Waals surface area contributed by atoms with E-state index >= 15 is 0 Å². The van der Waals surface area contributed by atoms with Crippen molar-refractivity contribution in [1.82, 2.24) is 10.2 Å². The quantitative estimate of drug-likeness (QED) is 0.565. The summed E-state index contributed by atoms with van der Waals surface area (Å²) >= 11 is 0. The minimum absolute atomic E-state index is 0.0443. The second kappa shape index (κ2) is 6.54. The van der Waals surface area contributed by atoms with Gasteiger partial charge in [0, 0.05) is 6.04 Å². The Morgan fingerprint density at radius 2 is 2.11 bits per heavy atom. The van der Waals surface area contributed by atoms with Crippen molar-refractivity contribution in [2.75, 3.05) is 31.1 Å². The molecular weight excluding hydrogens is 272 g/mol. The van der Waals surface area contributed by atoms with Gasteiger partial charge in [-0.2, -0.15) is 0 Å². The highest BCUT2D eigenvalue weighted by Crippen LogP contribution is 2.10. The van der Waals surface area contributed by atoms with Crippen LogP contribution in [0.3, 0.4) is 0 Å². The Bertz CT molecular complexity index is 494. The molecule has 8 heteroatoms. The maximum atomic E-state index is 11.7. The first kappa shape index (κ1) is 15.5. The molecule has 1 amide bonds. The molecule has 0 aliphatic carbocycles. The first-order chi connectivity index (χ1) is 8.82. The van der Waals surface area contributed by atoms with E-state index in [1.165, 1.54) is 4.90 Å². The number of terminal acetylenes is 1. The van der Waals surface area contributed by atoms with Crippen molar-refractivity contribution >= 4 is 21.7 Å². The average Bonchev–Trinajstić information content (AvgIpc) is 2.56. The van der Waals surface area contributed by atoms with Gasteiger partial charge in [0.2, 0.25) is 5.91 Å². The maximum absolute atomic E-state index is 11.7. The summed E-state index contributed by atoms with van der Waals surface area (Å²) in [5, 5.41) is 11.2. The van der Waals surface area contributed by atoms with Crippen LogP contribution in [-0.4, -0.2) is 67.5 Å². The Labute approximate surface area is 111 Å². The SMILES string of the molecule is C#CCN(CC(=O)O)CC(=O)NC1CCS(=O)(=O)C1. The number of nitrogens with zero attached hydrogens (tertiary/aromatic N) is 1. The Hall–Kier alpha value is -1.59. The lowest BCUT2D eigenvalue weighted by Crippen LogP contribution is -2.44. The van der Waals surface area contributed by atoms with Gasteiger partial charge in [-0.3, -0.25) is 14.5 Å². The number of aliphatic carboxylic acids is 1. The van der Waals surface area contributed by atoms with Gasteiger partial charge in [0.15, 0.2) is 9.84 Å². The topological polar surface area (TPSA) is 104 Å². The van der Waals surface area contributed by atoms with Crippen LogP contribution in [0.25, 0.3) is 0 Å². The van der Waals surface area contributed by atoms with E-state index in [0.717, 1.165) is 0 Å². The molecule has 1 fully saturated rings. The fourth-order valence-corrected chi connectivity index (χ4v) is 3.55. The molecule has 0 saturated carbocycles. The van der Waals surface area contributed by atoms with E-state index in [1.807, 2.05) is 0 Å². The summed E-state index contributed by atoms with van der Waals surface area (Å²) in [7, 11) is -3.05. The maximum Gasteiger partial charge on any atom is 0.317 e. The standard InChI is InChI=1S/C11H16N2O5S/c1-2-4-13(7-11(15)16)6-10(14)12-9-3-5-19(17,18)8-9/h1,9H,3-8H2,(H,12,14)(H,15,16). The van der Waals surface area contributed by atoms with Crippen molar-refractivity contribution in [3.8, 4) is 12.3 Å². The lowest BCUT2D eigenvalue weighted by molar-refractivity contribution is -0.138. The zero-order chi connectivity index (χ0) is 14.5. The number of carbonyl (C=O) groups is 2. The van der Waals surface area contributed by atoms with Crippen molar-refractivity contribution in [3.05, 3.63) is 0 Å². The summed E-state index contributed by atoms with van der Waals surface area (Å²) in [6, 6.07) is -0.394.